The number of piperidine rings is 2. The maximum Gasteiger partial charge on any atom is 0.225 e. The van der Waals surface area contributed by atoms with Gasteiger partial charge in [0.25, 0.3) is 0 Å². The zero-order chi connectivity index (χ0) is 29.6. The number of carbonyl (C=O) groups excluding carboxylic acids is 2. The smallest absolute Gasteiger partial charge is 0.225 e. The number of carbonyl (C=O) groups is 2. The van der Waals surface area contributed by atoms with Crippen LogP contribution in [0.15, 0.2) is 0 Å². The summed E-state index contributed by atoms with van der Waals surface area (Å²) in [4.78, 5) is 32.1. The maximum atomic E-state index is 14.0. The molecule has 0 aromatic heterocycles. The number of nitrogens with zero attached hydrogens (tertiary/aromatic N) is 2. The van der Waals surface area contributed by atoms with E-state index in [2.05, 4.69) is 53.4 Å². The highest BCUT2D eigenvalue weighted by Gasteiger charge is 2.45. The second kappa shape index (κ2) is 15.2. The van der Waals surface area contributed by atoms with Crippen LogP contribution < -0.4 is 16.0 Å². The van der Waals surface area contributed by atoms with E-state index in [0.717, 1.165) is 70.6 Å². The Morgan fingerprint density at radius 3 is 2.36 bits per heavy atom. The fourth-order valence-electron chi connectivity index (χ4n) is 9.52. The third-order valence-electron chi connectivity index (χ3n) is 12.1. The molecule has 240 valence electrons. The second-order valence-corrected chi connectivity index (χ2v) is 14.7. The predicted molar refractivity (Wildman–Crippen MR) is 168 cm³/mol. The van der Waals surface area contributed by atoms with Gasteiger partial charge in [-0.2, -0.15) is 0 Å². The Balaban J connectivity index is 1.25. The number of amides is 2. The molecule has 8 nitrogen and oxygen atoms in total. The molecule has 2 saturated carbocycles. The first kappa shape index (κ1) is 32.2. The monoisotopic (exact) mass is 587 g/mol. The van der Waals surface area contributed by atoms with E-state index in [9.17, 15) is 9.59 Å². The lowest BCUT2D eigenvalue weighted by molar-refractivity contribution is -0.133. The molecule has 2 aliphatic carbocycles. The zero-order valence-electron chi connectivity index (χ0n) is 27.1. The molecule has 0 radical (unpaired) electrons. The van der Waals surface area contributed by atoms with Gasteiger partial charge in [-0.3, -0.25) is 19.4 Å². The summed E-state index contributed by atoms with van der Waals surface area (Å²) in [5.74, 6) is 2.96. The van der Waals surface area contributed by atoms with Crippen molar-refractivity contribution in [3.05, 3.63) is 0 Å². The van der Waals surface area contributed by atoms with E-state index in [1.807, 2.05) is 0 Å². The number of rotatable bonds is 9. The molecule has 3 aliphatic heterocycles. The van der Waals surface area contributed by atoms with E-state index < -0.39 is 0 Å². The van der Waals surface area contributed by atoms with Crippen LogP contribution in [0.1, 0.15) is 85.5 Å². The van der Waals surface area contributed by atoms with Crippen LogP contribution in [0.2, 0.25) is 0 Å². The molecule has 8 heteroatoms. The van der Waals surface area contributed by atoms with Gasteiger partial charge in [-0.05, 0) is 114 Å². The highest BCUT2D eigenvalue weighted by molar-refractivity contribution is 5.83. The van der Waals surface area contributed by atoms with Gasteiger partial charge in [0, 0.05) is 50.2 Å². The number of morpholine rings is 1. The van der Waals surface area contributed by atoms with E-state index >= 15 is 0 Å². The molecule has 42 heavy (non-hydrogen) atoms. The number of hydrogen-bond donors (Lipinski definition) is 3. The predicted octanol–water partition coefficient (Wildman–Crippen LogP) is 3.51. The molecule has 2 amide bonds. The van der Waals surface area contributed by atoms with Crippen molar-refractivity contribution in [3.8, 4) is 0 Å². The minimum atomic E-state index is -0.126. The summed E-state index contributed by atoms with van der Waals surface area (Å²) in [7, 11) is 0. The molecular formula is C34H61N5O3. The van der Waals surface area contributed by atoms with Crippen molar-refractivity contribution in [1.29, 1.82) is 0 Å². The van der Waals surface area contributed by atoms with Gasteiger partial charge in [0.05, 0.1) is 19.1 Å². The van der Waals surface area contributed by atoms with Gasteiger partial charge in [-0.1, -0.05) is 20.8 Å². The summed E-state index contributed by atoms with van der Waals surface area (Å²) in [6, 6.07) is 1.29. The van der Waals surface area contributed by atoms with Gasteiger partial charge in [0.15, 0.2) is 0 Å². The van der Waals surface area contributed by atoms with Crippen molar-refractivity contribution in [3.63, 3.8) is 0 Å². The highest BCUT2D eigenvalue weighted by Crippen LogP contribution is 2.46. The van der Waals surface area contributed by atoms with Gasteiger partial charge >= 0.3 is 0 Å². The summed E-state index contributed by atoms with van der Waals surface area (Å²) in [6.45, 7) is 17.8. The second-order valence-electron chi connectivity index (χ2n) is 14.7. The number of ether oxygens (including phenoxy) is 1. The van der Waals surface area contributed by atoms with Crippen molar-refractivity contribution in [1.82, 2.24) is 25.8 Å². The third-order valence-corrected chi connectivity index (χ3v) is 12.1. The van der Waals surface area contributed by atoms with Crippen LogP contribution in [-0.4, -0.2) is 98.8 Å². The first-order chi connectivity index (χ1) is 20.3. The van der Waals surface area contributed by atoms with E-state index in [-0.39, 0.29) is 29.7 Å². The summed E-state index contributed by atoms with van der Waals surface area (Å²) in [5.41, 5.74) is 0. The van der Waals surface area contributed by atoms with E-state index in [1.54, 1.807) is 0 Å². The van der Waals surface area contributed by atoms with Crippen molar-refractivity contribution >= 4 is 11.8 Å². The number of hydrogen-bond acceptors (Lipinski definition) is 6. The largest absolute Gasteiger partial charge is 0.379 e. The lowest BCUT2D eigenvalue weighted by Gasteiger charge is -2.50. The van der Waals surface area contributed by atoms with Crippen LogP contribution in [-0.2, 0) is 14.3 Å². The summed E-state index contributed by atoms with van der Waals surface area (Å²) < 4.78 is 5.57. The van der Waals surface area contributed by atoms with Gasteiger partial charge in [0.2, 0.25) is 11.8 Å². The van der Waals surface area contributed by atoms with Crippen LogP contribution in [0, 0.1) is 41.4 Å². The molecular weight excluding hydrogens is 526 g/mol. The molecule has 0 aromatic carbocycles. The Kier molecular flexibility index (Phi) is 11.6. The van der Waals surface area contributed by atoms with E-state index in [0.29, 0.717) is 36.4 Å². The summed E-state index contributed by atoms with van der Waals surface area (Å²) >= 11 is 0. The Morgan fingerprint density at radius 2 is 1.69 bits per heavy atom. The fraction of sp³-hybridized carbons (Fsp3) is 0.941. The minimum absolute atomic E-state index is 0.0245. The maximum absolute atomic E-state index is 14.0. The van der Waals surface area contributed by atoms with Gasteiger partial charge in [-0.25, -0.2) is 0 Å². The molecule has 5 rings (SSSR count). The zero-order valence-corrected chi connectivity index (χ0v) is 27.1. The van der Waals surface area contributed by atoms with E-state index in [4.69, 9.17) is 4.74 Å². The van der Waals surface area contributed by atoms with E-state index in [1.165, 1.54) is 51.5 Å². The molecule has 3 heterocycles. The molecule has 7 atom stereocenters. The Morgan fingerprint density at radius 1 is 0.976 bits per heavy atom. The lowest BCUT2D eigenvalue weighted by atomic mass is 9.63. The molecule has 5 fully saturated rings. The first-order valence-corrected chi connectivity index (χ1v) is 17.7. The van der Waals surface area contributed by atoms with Gasteiger partial charge in [-0.15, -0.1) is 0 Å². The number of nitrogens with one attached hydrogen (secondary N) is 3. The summed E-state index contributed by atoms with van der Waals surface area (Å²) in [6.07, 6.45) is 10.9. The molecule has 3 N–H and O–H groups in total. The average Bonchev–Trinajstić information content (AvgIpc) is 2.99. The normalized spacial score (nSPS) is 39.2. The van der Waals surface area contributed by atoms with Crippen LogP contribution >= 0.6 is 0 Å². The fourth-order valence-corrected chi connectivity index (χ4v) is 9.52. The van der Waals surface area contributed by atoms with Gasteiger partial charge in [0.1, 0.15) is 0 Å². The Hall–Kier alpha value is -1.22. The first-order valence-electron chi connectivity index (χ1n) is 17.7. The quantitative estimate of drug-likeness (QED) is 0.383. The standard InChI is InChI=1S/C34H61N5O3/c1-5-39(29-10-12-35-13-11-29)32-20-28(27-8-6-26(7-9-27)22-38-14-16-42-17-15-38)19-30(25(32)4)33(40)36-21-31-23(2)18-24(3)37-34(31)41/h23-32,35H,5-22H2,1-4H3,(H,36,40)(H,37,41). The molecule has 0 bridgehead atoms. The van der Waals surface area contributed by atoms with Crippen LogP contribution in [0.5, 0.6) is 0 Å². The molecule has 7 unspecified atom stereocenters. The lowest BCUT2D eigenvalue weighted by Crippen LogP contribution is -2.56. The average molecular weight is 588 g/mol. The van der Waals surface area contributed by atoms with Crippen LogP contribution in [0.4, 0.5) is 0 Å². The van der Waals surface area contributed by atoms with Crippen molar-refractivity contribution in [2.75, 3.05) is 59.0 Å². The highest BCUT2D eigenvalue weighted by atomic mass is 16.5. The van der Waals surface area contributed by atoms with Crippen molar-refractivity contribution in [2.24, 2.45) is 41.4 Å². The Labute approximate surface area is 255 Å². The summed E-state index contributed by atoms with van der Waals surface area (Å²) in [5, 5.41) is 9.98. The molecule has 3 saturated heterocycles. The van der Waals surface area contributed by atoms with Crippen LogP contribution in [0.3, 0.4) is 0 Å². The molecule has 5 aliphatic rings. The third kappa shape index (κ3) is 7.89. The molecule has 0 spiro atoms. The van der Waals surface area contributed by atoms with Crippen molar-refractivity contribution in [2.45, 2.75) is 104 Å². The van der Waals surface area contributed by atoms with Crippen LogP contribution in [0.25, 0.3) is 0 Å². The molecule has 0 aromatic rings. The Bertz CT molecular complexity index is 867. The minimum Gasteiger partial charge on any atom is -0.379 e. The van der Waals surface area contributed by atoms with Gasteiger partial charge < -0.3 is 20.7 Å². The topological polar surface area (TPSA) is 85.9 Å². The van der Waals surface area contributed by atoms with Crippen molar-refractivity contribution < 1.29 is 14.3 Å². The SMILES string of the molecule is CCN(C1CCNCC1)C1CC(C2CCC(CN3CCOCC3)CC2)CC(C(=O)NCC2C(=O)NC(C)CC2C)C1C.